The van der Waals surface area contributed by atoms with Gasteiger partial charge in [0.15, 0.2) is 17.6 Å². The molecule has 1 N–H and O–H groups in total. The highest BCUT2D eigenvalue weighted by molar-refractivity contribution is 5.84. The second-order valence-corrected chi connectivity index (χ2v) is 6.90. The van der Waals surface area contributed by atoms with Crippen LogP contribution in [0.5, 0.6) is 17.2 Å². The zero-order valence-corrected chi connectivity index (χ0v) is 16.0. The van der Waals surface area contributed by atoms with Gasteiger partial charge < -0.3 is 19.5 Å². The molecule has 0 aliphatic carbocycles. The fraction of sp³-hybridized carbons (Fsp3) is 0.261. The number of ether oxygens (including phenoxy) is 3. The van der Waals surface area contributed by atoms with Gasteiger partial charge >= 0.3 is 0 Å². The van der Waals surface area contributed by atoms with Crippen LogP contribution in [0.3, 0.4) is 0 Å². The number of amides is 1. The molecule has 0 fully saturated rings. The van der Waals surface area contributed by atoms with Crippen LogP contribution in [0.15, 0.2) is 60.7 Å². The molecular weight excluding hydrogens is 354 g/mol. The molecule has 144 valence electrons. The van der Waals surface area contributed by atoms with Crippen LogP contribution < -0.4 is 19.5 Å². The summed E-state index contributed by atoms with van der Waals surface area (Å²) in [7, 11) is 0. The lowest BCUT2D eigenvalue weighted by molar-refractivity contribution is -0.127. The summed E-state index contributed by atoms with van der Waals surface area (Å²) < 4.78 is 17.0. The smallest absolute Gasteiger partial charge is 0.261 e. The van der Waals surface area contributed by atoms with Crippen molar-refractivity contribution in [3.05, 3.63) is 66.2 Å². The predicted molar refractivity (Wildman–Crippen MR) is 108 cm³/mol. The van der Waals surface area contributed by atoms with E-state index in [0.717, 1.165) is 22.1 Å². The quantitative estimate of drug-likeness (QED) is 0.722. The van der Waals surface area contributed by atoms with Crippen molar-refractivity contribution in [2.24, 2.45) is 0 Å². The van der Waals surface area contributed by atoms with Gasteiger partial charge in [-0.25, -0.2) is 0 Å². The van der Waals surface area contributed by atoms with E-state index in [0.29, 0.717) is 24.7 Å². The number of carbonyl (C=O) groups is 1. The maximum atomic E-state index is 12.6. The molecule has 0 unspecified atom stereocenters. The largest absolute Gasteiger partial charge is 0.486 e. The number of nitrogens with one attached hydrogen (secondary N) is 1. The third kappa shape index (κ3) is 3.88. The van der Waals surface area contributed by atoms with E-state index in [1.54, 1.807) is 6.92 Å². The fourth-order valence-electron chi connectivity index (χ4n) is 3.24. The average Bonchev–Trinajstić information content (AvgIpc) is 2.73. The molecule has 1 aliphatic heterocycles. The van der Waals surface area contributed by atoms with E-state index in [-0.39, 0.29) is 11.9 Å². The van der Waals surface area contributed by atoms with Crippen LogP contribution in [0, 0.1) is 0 Å². The number of hydrogen-bond donors (Lipinski definition) is 1. The lowest BCUT2D eigenvalue weighted by atomic mass is 10.1. The van der Waals surface area contributed by atoms with E-state index in [1.807, 2.05) is 67.6 Å². The van der Waals surface area contributed by atoms with Gasteiger partial charge in [-0.2, -0.15) is 0 Å². The first-order valence-electron chi connectivity index (χ1n) is 9.45. The summed E-state index contributed by atoms with van der Waals surface area (Å²) >= 11 is 0. The van der Waals surface area contributed by atoms with Crippen molar-refractivity contribution in [3.63, 3.8) is 0 Å². The van der Waals surface area contributed by atoms with Crippen molar-refractivity contribution in [2.75, 3.05) is 13.2 Å². The number of fused-ring (bicyclic) bond motifs is 2. The Bertz CT molecular complexity index is 1000. The van der Waals surface area contributed by atoms with E-state index >= 15 is 0 Å². The zero-order valence-electron chi connectivity index (χ0n) is 16.0. The molecule has 1 amide bonds. The molecule has 1 aliphatic rings. The highest BCUT2D eigenvalue weighted by atomic mass is 16.6. The molecule has 28 heavy (non-hydrogen) atoms. The van der Waals surface area contributed by atoms with Crippen LogP contribution >= 0.6 is 0 Å². The van der Waals surface area contributed by atoms with Gasteiger partial charge in [-0.05, 0) is 54.4 Å². The van der Waals surface area contributed by atoms with Crippen LogP contribution in [-0.2, 0) is 4.79 Å². The highest BCUT2D eigenvalue weighted by Gasteiger charge is 2.20. The molecule has 5 nitrogen and oxygen atoms in total. The molecule has 0 saturated carbocycles. The first-order valence-corrected chi connectivity index (χ1v) is 9.45. The standard InChI is InChI=1S/C23H23NO4/c1-15(18-8-10-21-22(14-18)27-12-11-26-21)24-23(25)16(2)28-20-9-7-17-5-3-4-6-19(17)13-20/h3-10,13-16H,11-12H2,1-2H3,(H,24,25)/t15-,16+/m0/s1. The summed E-state index contributed by atoms with van der Waals surface area (Å²) in [4.78, 5) is 12.6. The monoisotopic (exact) mass is 377 g/mol. The normalized spacial score (nSPS) is 14.9. The topological polar surface area (TPSA) is 56.8 Å². The van der Waals surface area contributed by atoms with Gasteiger partial charge in [-0.15, -0.1) is 0 Å². The molecular formula is C23H23NO4. The van der Waals surface area contributed by atoms with Gasteiger partial charge in [-0.1, -0.05) is 36.4 Å². The summed E-state index contributed by atoms with van der Waals surface area (Å²) in [6, 6.07) is 19.4. The molecule has 3 aromatic carbocycles. The van der Waals surface area contributed by atoms with Gasteiger partial charge in [0.2, 0.25) is 0 Å². The number of benzene rings is 3. The summed E-state index contributed by atoms with van der Waals surface area (Å²) in [5.41, 5.74) is 0.954. The molecule has 5 heteroatoms. The second-order valence-electron chi connectivity index (χ2n) is 6.90. The Labute approximate surface area is 164 Å². The Balaban J connectivity index is 1.40. The van der Waals surface area contributed by atoms with Crippen molar-refractivity contribution in [2.45, 2.75) is 26.0 Å². The Hall–Kier alpha value is -3.21. The summed E-state index contributed by atoms with van der Waals surface area (Å²) in [5, 5.41) is 5.22. The van der Waals surface area contributed by atoms with Crippen LogP contribution in [0.2, 0.25) is 0 Å². The molecule has 4 rings (SSSR count). The minimum absolute atomic E-state index is 0.171. The van der Waals surface area contributed by atoms with Crippen molar-refractivity contribution >= 4 is 16.7 Å². The van der Waals surface area contributed by atoms with Gasteiger partial charge in [-0.3, -0.25) is 4.79 Å². The van der Waals surface area contributed by atoms with E-state index in [2.05, 4.69) is 5.32 Å². The van der Waals surface area contributed by atoms with E-state index in [4.69, 9.17) is 14.2 Å². The molecule has 0 spiro atoms. The molecule has 3 aromatic rings. The highest BCUT2D eigenvalue weighted by Crippen LogP contribution is 2.32. The van der Waals surface area contributed by atoms with Gasteiger partial charge in [0, 0.05) is 0 Å². The van der Waals surface area contributed by atoms with Gasteiger partial charge in [0.1, 0.15) is 19.0 Å². The van der Waals surface area contributed by atoms with Crippen LogP contribution in [0.4, 0.5) is 0 Å². The van der Waals surface area contributed by atoms with Crippen LogP contribution in [0.1, 0.15) is 25.5 Å². The Kier molecular flexibility index (Phi) is 5.06. The van der Waals surface area contributed by atoms with Crippen LogP contribution in [0.25, 0.3) is 10.8 Å². The van der Waals surface area contributed by atoms with Crippen molar-refractivity contribution in [1.29, 1.82) is 0 Å². The molecule has 2 atom stereocenters. The van der Waals surface area contributed by atoms with Gasteiger partial charge in [0.05, 0.1) is 6.04 Å². The van der Waals surface area contributed by atoms with Crippen molar-refractivity contribution in [3.8, 4) is 17.2 Å². The Morgan fingerprint density at radius 2 is 1.68 bits per heavy atom. The molecule has 1 heterocycles. The van der Waals surface area contributed by atoms with Crippen molar-refractivity contribution < 1.29 is 19.0 Å². The lowest BCUT2D eigenvalue weighted by Crippen LogP contribution is -2.37. The van der Waals surface area contributed by atoms with Crippen LogP contribution in [-0.4, -0.2) is 25.2 Å². The fourth-order valence-corrected chi connectivity index (χ4v) is 3.24. The molecule has 0 saturated heterocycles. The average molecular weight is 377 g/mol. The summed E-state index contributed by atoms with van der Waals surface area (Å²) in [6.07, 6.45) is -0.610. The molecule has 0 aromatic heterocycles. The SMILES string of the molecule is C[C@H](NC(=O)[C@@H](C)Oc1ccc2ccccc2c1)c1ccc2c(c1)OCCO2. The Morgan fingerprint density at radius 3 is 2.50 bits per heavy atom. The van der Waals surface area contributed by atoms with E-state index in [9.17, 15) is 4.79 Å². The maximum absolute atomic E-state index is 12.6. The third-order valence-corrected chi connectivity index (χ3v) is 4.83. The van der Waals surface area contributed by atoms with Gasteiger partial charge in [0.25, 0.3) is 5.91 Å². The van der Waals surface area contributed by atoms with E-state index < -0.39 is 6.10 Å². The lowest BCUT2D eigenvalue weighted by Gasteiger charge is -2.22. The zero-order chi connectivity index (χ0) is 19.5. The first kappa shape index (κ1) is 18.2. The minimum Gasteiger partial charge on any atom is -0.486 e. The third-order valence-electron chi connectivity index (χ3n) is 4.83. The first-order chi connectivity index (χ1) is 13.6. The van der Waals surface area contributed by atoms with Crippen molar-refractivity contribution in [1.82, 2.24) is 5.32 Å². The van der Waals surface area contributed by atoms with E-state index in [1.165, 1.54) is 0 Å². The molecule has 0 bridgehead atoms. The Morgan fingerprint density at radius 1 is 0.929 bits per heavy atom. The number of rotatable bonds is 5. The number of hydrogen-bond acceptors (Lipinski definition) is 4. The second kappa shape index (κ2) is 7.80. The summed E-state index contributed by atoms with van der Waals surface area (Å²) in [5.74, 6) is 1.95. The number of carbonyl (C=O) groups excluding carboxylic acids is 1. The minimum atomic E-state index is -0.610. The predicted octanol–water partition coefficient (Wildman–Crippen LogP) is 4.26. The summed E-state index contributed by atoms with van der Waals surface area (Å²) in [6.45, 7) is 4.78. The maximum Gasteiger partial charge on any atom is 0.261 e. The molecule has 0 radical (unpaired) electrons.